The molecular formula is C15H20N2O3. The summed E-state index contributed by atoms with van der Waals surface area (Å²) in [7, 11) is 0. The van der Waals surface area contributed by atoms with Gasteiger partial charge in [0.2, 0.25) is 0 Å². The van der Waals surface area contributed by atoms with Gasteiger partial charge in [-0.05, 0) is 44.5 Å². The van der Waals surface area contributed by atoms with Gasteiger partial charge in [-0.3, -0.25) is 4.79 Å². The number of ether oxygens (including phenoxy) is 2. The molecule has 1 amide bonds. The predicted molar refractivity (Wildman–Crippen MR) is 75.4 cm³/mol. The molecule has 2 aliphatic heterocycles. The minimum Gasteiger partial charge on any atom is -0.486 e. The normalized spacial score (nSPS) is 25.1. The number of hydrogen-bond donors (Lipinski definition) is 2. The first-order chi connectivity index (χ1) is 9.74. The first kappa shape index (κ1) is 13.2. The van der Waals surface area contributed by atoms with Gasteiger partial charge < -0.3 is 20.1 Å². The van der Waals surface area contributed by atoms with E-state index in [1.165, 1.54) is 0 Å². The Hall–Kier alpha value is -1.75. The molecule has 20 heavy (non-hydrogen) atoms. The molecule has 3 rings (SSSR count). The van der Waals surface area contributed by atoms with Crippen LogP contribution in [0.3, 0.4) is 0 Å². The molecule has 0 radical (unpaired) electrons. The van der Waals surface area contributed by atoms with Crippen LogP contribution in [0.1, 0.15) is 30.1 Å². The topological polar surface area (TPSA) is 59.6 Å². The number of piperidine rings is 1. The van der Waals surface area contributed by atoms with E-state index >= 15 is 0 Å². The first-order valence-corrected chi connectivity index (χ1v) is 7.18. The smallest absolute Gasteiger partial charge is 0.251 e. The quantitative estimate of drug-likeness (QED) is 0.855. The van der Waals surface area contributed by atoms with E-state index < -0.39 is 0 Å². The Morgan fingerprint density at radius 1 is 1.30 bits per heavy atom. The summed E-state index contributed by atoms with van der Waals surface area (Å²) in [6, 6.07) is 5.83. The van der Waals surface area contributed by atoms with Crippen LogP contribution in [0.2, 0.25) is 0 Å². The third kappa shape index (κ3) is 2.72. The lowest BCUT2D eigenvalue weighted by atomic mass is 9.99. The minimum atomic E-state index is -0.0532. The van der Waals surface area contributed by atoms with Crippen molar-refractivity contribution in [3.63, 3.8) is 0 Å². The zero-order chi connectivity index (χ0) is 13.9. The zero-order valence-corrected chi connectivity index (χ0v) is 11.6. The fourth-order valence-electron chi connectivity index (χ4n) is 2.68. The summed E-state index contributed by atoms with van der Waals surface area (Å²) in [4.78, 5) is 12.3. The van der Waals surface area contributed by atoms with Crippen LogP contribution in [0, 0.1) is 0 Å². The summed E-state index contributed by atoms with van der Waals surface area (Å²) in [5.74, 6) is 1.31. The maximum atomic E-state index is 12.3. The summed E-state index contributed by atoms with van der Waals surface area (Å²) in [6.07, 6.45) is 2.11. The van der Waals surface area contributed by atoms with Gasteiger partial charge in [-0.15, -0.1) is 0 Å². The fraction of sp³-hybridized carbons (Fsp3) is 0.533. The number of nitrogens with one attached hydrogen (secondary N) is 2. The van der Waals surface area contributed by atoms with Crippen molar-refractivity contribution in [2.24, 2.45) is 0 Å². The van der Waals surface area contributed by atoms with E-state index in [2.05, 4.69) is 17.6 Å². The number of rotatable bonds is 2. The third-order valence-corrected chi connectivity index (χ3v) is 3.88. The number of hydrogen-bond acceptors (Lipinski definition) is 4. The van der Waals surface area contributed by atoms with Crippen LogP contribution in [0.5, 0.6) is 11.5 Å². The monoisotopic (exact) mass is 276 g/mol. The number of carbonyl (C=O) groups excluding carboxylic acids is 1. The van der Waals surface area contributed by atoms with Crippen molar-refractivity contribution in [2.75, 3.05) is 19.8 Å². The van der Waals surface area contributed by atoms with Crippen LogP contribution in [0.4, 0.5) is 0 Å². The van der Waals surface area contributed by atoms with Gasteiger partial charge in [-0.25, -0.2) is 0 Å². The summed E-state index contributed by atoms with van der Waals surface area (Å²) < 4.78 is 11.0. The Labute approximate surface area is 118 Å². The number of amides is 1. The van der Waals surface area contributed by atoms with Crippen LogP contribution in [-0.4, -0.2) is 37.7 Å². The van der Waals surface area contributed by atoms with Crippen LogP contribution in [-0.2, 0) is 0 Å². The summed E-state index contributed by atoms with van der Waals surface area (Å²) in [5.41, 5.74) is 0.618. The molecular weight excluding hydrogens is 256 g/mol. The highest BCUT2D eigenvalue weighted by atomic mass is 16.6. The fourth-order valence-corrected chi connectivity index (χ4v) is 2.68. The SMILES string of the molecule is CC1NCCCC1NC(=O)c1ccc2c(c1)OCCO2. The highest BCUT2D eigenvalue weighted by molar-refractivity contribution is 5.95. The molecule has 2 aliphatic rings. The van der Waals surface area contributed by atoms with Gasteiger partial charge in [-0.2, -0.15) is 0 Å². The van der Waals surface area contributed by atoms with Gasteiger partial charge in [0.15, 0.2) is 11.5 Å². The Balaban J connectivity index is 1.70. The van der Waals surface area contributed by atoms with Gasteiger partial charge in [0, 0.05) is 17.6 Å². The van der Waals surface area contributed by atoms with Crippen molar-refractivity contribution in [1.29, 1.82) is 0 Å². The molecule has 5 nitrogen and oxygen atoms in total. The first-order valence-electron chi connectivity index (χ1n) is 7.18. The maximum absolute atomic E-state index is 12.3. The standard InChI is InChI=1S/C15H20N2O3/c1-10-12(3-2-6-16-10)17-15(18)11-4-5-13-14(9-11)20-8-7-19-13/h4-5,9-10,12,16H,2-3,6-8H2,1H3,(H,17,18). The Kier molecular flexibility index (Phi) is 3.78. The molecule has 2 N–H and O–H groups in total. The molecule has 0 aromatic heterocycles. The second kappa shape index (κ2) is 5.71. The summed E-state index contributed by atoms with van der Waals surface area (Å²) in [6.45, 7) is 4.22. The van der Waals surface area contributed by atoms with Crippen molar-refractivity contribution >= 4 is 5.91 Å². The lowest BCUT2D eigenvalue weighted by Crippen LogP contribution is -2.51. The summed E-state index contributed by atoms with van der Waals surface area (Å²) in [5, 5.41) is 6.47. The van der Waals surface area contributed by atoms with E-state index in [0.717, 1.165) is 19.4 Å². The van der Waals surface area contributed by atoms with Crippen molar-refractivity contribution in [2.45, 2.75) is 31.8 Å². The number of benzene rings is 1. The lowest BCUT2D eigenvalue weighted by Gasteiger charge is -2.30. The molecule has 2 heterocycles. The van der Waals surface area contributed by atoms with E-state index in [1.807, 2.05) is 0 Å². The van der Waals surface area contributed by atoms with E-state index in [4.69, 9.17) is 9.47 Å². The number of carbonyl (C=O) groups is 1. The Morgan fingerprint density at radius 3 is 2.90 bits per heavy atom. The van der Waals surface area contributed by atoms with E-state index in [9.17, 15) is 4.79 Å². The highest BCUT2D eigenvalue weighted by Crippen LogP contribution is 2.30. The molecule has 0 saturated carbocycles. The zero-order valence-electron chi connectivity index (χ0n) is 11.6. The van der Waals surface area contributed by atoms with E-state index in [1.54, 1.807) is 18.2 Å². The second-order valence-corrected chi connectivity index (χ2v) is 5.32. The van der Waals surface area contributed by atoms with Crippen molar-refractivity contribution in [3.8, 4) is 11.5 Å². The highest BCUT2D eigenvalue weighted by Gasteiger charge is 2.23. The summed E-state index contributed by atoms with van der Waals surface area (Å²) >= 11 is 0. The van der Waals surface area contributed by atoms with Crippen molar-refractivity contribution in [1.82, 2.24) is 10.6 Å². The van der Waals surface area contributed by atoms with Crippen LogP contribution < -0.4 is 20.1 Å². The van der Waals surface area contributed by atoms with Crippen LogP contribution >= 0.6 is 0 Å². The molecule has 1 saturated heterocycles. The minimum absolute atomic E-state index is 0.0532. The van der Waals surface area contributed by atoms with Gasteiger partial charge >= 0.3 is 0 Å². The molecule has 0 aliphatic carbocycles. The molecule has 1 aromatic rings. The Bertz CT molecular complexity index is 504. The largest absolute Gasteiger partial charge is 0.486 e. The van der Waals surface area contributed by atoms with Gasteiger partial charge in [-0.1, -0.05) is 0 Å². The number of fused-ring (bicyclic) bond motifs is 1. The van der Waals surface area contributed by atoms with E-state index in [0.29, 0.717) is 36.3 Å². The van der Waals surface area contributed by atoms with Crippen LogP contribution in [0.15, 0.2) is 18.2 Å². The molecule has 1 aromatic carbocycles. The average Bonchev–Trinajstić information content (AvgIpc) is 2.49. The molecule has 108 valence electrons. The Morgan fingerprint density at radius 2 is 2.10 bits per heavy atom. The molecule has 0 bridgehead atoms. The maximum Gasteiger partial charge on any atom is 0.251 e. The molecule has 0 spiro atoms. The van der Waals surface area contributed by atoms with Crippen molar-refractivity contribution in [3.05, 3.63) is 23.8 Å². The van der Waals surface area contributed by atoms with Gasteiger partial charge in [0.1, 0.15) is 13.2 Å². The molecule has 1 fully saturated rings. The third-order valence-electron chi connectivity index (χ3n) is 3.88. The van der Waals surface area contributed by atoms with Crippen LogP contribution in [0.25, 0.3) is 0 Å². The molecule has 2 unspecified atom stereocenters. The molecule has 5 heteroatoms. The van der Waals surface area contributed by atoms with E-state index in [-0.39, 0.29) is 11.9 Å². The lowest BCUT2D eigenvalue weighted by molar-refractivity contribution is 0.0918. The van der Waals surface area contributed by atoms with Crippen molar-refractivity contribution < 1.29 is 14.3 Å². The average molecular weight is 276 g/mol. The van der Waals surface area contributed by atoms with Gasteiger partial charge in [0.25, 0.3) is 5.91 Å². The van der Waals surface area contributed by atoms with Gasteiger partial charge in [0.05, 0.1) is 0 Å². The molecule has 2 atom stereocenters. The predicted octanol–water partition coefficient (Wildman–Crippen LogP) is 1.33. The second-order valence-electron chi connectivity index (χ2n) is 5.32.